The van der Waals surface area contributed by atoms with Gasteiger partial charge in [-0.3, -0.25) is 14.9 Å². The number of carbonyl (C=O) groups excluding carboxylic acids is 3. The molecule has 204 valence electrons. The first-order valence-electron chi connectivity index (χ1n) is 12.0. The Balaban J connectivity index is 2.29. The minimum Gasteiger partial charge on any atom is -0.462 e. The van der Waals surface area contributed by atoms with E-state index in [-0.39, 0.29) is 35.2 Å². The summed E-state index contributed by atoms with van der Waals surface area (Å²) in [5.74, 6) is -0.310. The number of dihydropyridines is 1. The standard InChI is InChI=1S/C26H31N3O7S2/c1-17-22(25(31)35-11-6-14-37-13-5-10-27)24(20-8-4-9-21(16-20)29(33)34)23(18(2)28-17)26(32)36-12-7-15-38-19(3)30/h4,8-9,16,24,28H,5-7,11-15H2,1-3H3. The van der Waals surface area contributed by atoms with Crippen LogP contribution in [0.4, 0.5) is 5.69 Å². The van der Waals surface area contributed by atoms with Gasteiger partial charge in [-0.1, -0.05) is 23.9 Å². The average molecular weight is 562 g/mol. The lowest BCUT2D eigenvalue weighted by atomic mass is 9.80. The smallest absolute Gasteiger partial charge is 0.336 e. The molecule has 0 aromatic heterocycles. The van der Waals surface area contributed by atoms with E-state index in [1.807, 2.05) is 0 Å². The fourth-order valence-corrected chi connectivity index (χ4v) is 5.14. The highest BCUT2D eigenvalue weighted by Crippen LogP contribution is 2.40. The Morgan fingerprint density at radius 2 is 1.66 bits per heavy atom. The van der Waals surface area contributed by atoms with Gasteiger partial charge >= 0.3 is 11.9 Å². The van der Waals surface area contributed by atoms with E-state index in [4.69, 9.17) is 14.7 Å². The summed E-state index contributed by atoms with van der Waals surface area (Å²) in [6.45, 7) is 5.04. The van der Waals surface area contributed by atoms with E-state index >= 15 is 0 Å². The number of nitro benzene ring substituents is 1. The lowest BCUT2D eigenvalue weighted by Gasteiger charge is -2.30. The molecule has 1 N–H and O–H groups in total. The Morgan fingerprint density at radius 1 is 1.05 bits per heavy atom. The zero-order valence-corrected chi connectivity index (χ0v) is 23.2. The number of carbonyl (C=O) groups is 3. The van der Waals surface area contributed by atoms with E-state index in [0.29, 0.717) is 47.7 Å². The first-order chi connectivity index (χ1) is 18.2. The van der Waals surface area contributed by atoms with Crippen molar-refractivity contribution in [3.63, 3.8) is 0 Å². The Morgan fingerprint density at radius 3 is 2.21 bits per heavy atom. The summed E-state index contributed by atoms with van der Waals surface area (Å²) in [6.07, 6.45) is 1.51. The molecular weight excluding hydrogens is 530 g/mol. The molecule has 38 heavy (non-hydrogen) atoms. The number of thioether (sulfide) groups is 2. The number of ether oxygens (including phenoxy) is 2. The number of hydrogen-bond donors (Lipinski definition) is 1. The molecule has 1 unspecified atom stereocenters. The highest BCUT2D eigenvalue weighted by atomic mass is 32.2. The highest BCUT2D eigenvalue weighted by molar-refractivity contribution is 8.13. The molecule has 0 spiro atoms. The fraction of sp³-hybridized carbons (Fsp3) is 0.462. The average Bonchev–Trinajstić information content (AvgIpc) is 2.87. The predicted octanol–water partition coefficient (Wildman–Crippen LogP) is 4.62. The van der Waals surface area contributed by atoms with E-state index in [9.17, 15) is 24.5 Å². The van der Waals surface area contributed by atoms with Crippen LogP contribution in [0, 0.1) is 21.4 Å². The third-order valence-corrected chi connectivity index (χ3v) is 7.44. The summed E-state index contributed by atoms with van der Waals surface area (Å²) < 4.78 is 11.0. The second-order valence-electron chi connectivity index (χ2n) is 8.33. The van der Waals surface area contributed by atoms with Gasteiger partial charge in [0.1, 0.15) is 0 Å². The largest absolute Gasteiger partial charge is 0.462 e. The molecule has 0 amide bonds. The number of esters is 2. The summed E-state index contributed by atoms with van der Waals surface area (Å²) >= 11 is 2.73. The van der Waals surface area contributed by atoms with Gasteiger partial charge in [0.15, 0.2) is 5.12 Å². The van der Waals surface area contributed by atoms with Crippen LogP contribution in [0.2, 0.25) is 0 Å². The van der Waals surface area contributed by atoms with Crippen LogP contribution in [0.3, 0.4) is 0 Å². The van der Waals surface area contributed by atoms with Gasteiger partial charge < -0.3 is 14.8 Å². The molecule has 1 aromatic carbocycles. The summed E-state index contributed by atoms with van der Waals surface area (Å²) in [5, 5.41) is 23.1. The van der Waals surface area contributed by atoms with E-state index in [1.165, 1.54) is 25.1 Å². The van der Waals surface area contributed by atoms with Crippen molar-refractivity contribution in [1.29, 1.82) is 5.26 Å². The highest BCUT2D eigenvalue weighted by Gasteiger charge is 2.38. The van der Waals surface area contributed by atoms with Crippen LogP contribution in [0.25, 0.3) is 0 Å². The van der Waals surface area contributed by atoms with Crippen LogP contribution >= 0.6 is 23.5 Å². The zero-order chi connectivity index (χ0) is 28.1. The normalized spacial score (nSPS) is 14.9. The van der Waals surface area contributed by atoms with E-state index in [1.54, 1.807) is 31.7 Å². The van der Waals surface area contributed by atoms with Gasteiger partial charge in [0, 0.05) is 48.4 Å². The number of nitro groups is 1. The number of rotatable bonds is 14. The summed E-state index contributed by atoms with van der Waals surface area (Å²) in [5.41, 5.74) is 1.49. The quantitative estimate of drug-likeness (QED) is 0.147. The molecule has 10 nitrogen and oxygen atoms in total. The van der Waals surface area contributed by atoms with E-state index < -0.39 is 22.8 Å². The number of nitrogens with one attached hydrogen (secondary N) is 1. The number of hydrogen-bond acceptors (Lipinski definition) is 11. The lowest BCUT2D eigenvalue weighted by Crippen LogP contribution is -2.32. The monoisotopic (exact) mass is 561 g/mol. The number of non-ortho nitro benzene ring substituents is 1. The van der Waals surface area contributed by atoms with Gasteiger partial charge in [0.05, 0.1) is 41.3 Å². The number of benzene rings is 1. The molecule has 1 heterocycles. The van der Waals surface area contributed by atoms with Crippen LogP contribution in [-0.4, -0.2) is 52.4 Å². The summed E-state index contributed by atoms with van der Waals surface area (Å²) in [6, 6.07) is 7.88. The topological polar surface area (TPSA) is 149 Å². The van der Waals surface area contributed by atoms with E-state index in [0.717, 1.165) is 17.5 Å². The molecule has 0 bridgehead atoms. The third-order valence-electron chi connectivity index (χ3n) is 5.47. The first kappa shape index (κ1) is 30.9. The maximum absolute atomic E-state index is 13.3. The molecule has 0 saturated carbocycles. The van der Waals surface area contributed by atoms with Gasteiger partial charge in [0.25, 0.3) is 5.69 Å². The minimum atomic E-state index is -0.937. The number of nitriles is 1. The number of nitrogens with zero attached hydrogens (tertiary/aromatic N) is 2. The van der Waals surface area contributed by atoms with Gasteiger partial charge in [-0.05, 0) is 38.0 Å². The zero-order valence-electron chi connectivity index (χ0n) is 21.6. The van der Waals surface area contributed by atoms with Crippen LogP contribution in [0.1, 0.15) is 51.5 Å². The molecule has 1 aliphatic heterocycles. The maximum atomic E-state index is 13.3. The second kappa shape index (κ2) is 15.8. The molecule has 0 radical (unpaired) electrons. The maximum Gasteiger partial charge on any atom is 0.336 e. The molecule has 0 saturated heterocycles. The summed E-state index contributed by atoms with van der Waals surface area (Å²) in [7, 11) is 0. The van der Waals surface area contributed by atoms with Crippen molar-refractivity contribution in [1.82, 2.24) is 5.32 Å². The SMILES string of the molecule is CC(=O)SCCCOC(=O)C1=C(C)NC(C)=C(C(=O)OCCCSCCC#N)C1c1cccc([N+](=O)[O-])c1. The van der Waals surface area contributed by atoms with Crippen LogP contribution in [0.5, 0.6) is 0 Å². The molecule has 1 atom stereocenters. The Bertz CT molecular complexity index is 1160. The van der Waals surface area contributed by atoms with Crippen LogP contribution < -0.4 is 5.32 Å². The van der Waals surface area contributed by atoms with E-state index in [2.05, 4.69) is 11.4 Å². The van der Waals surface area contributed by atoms with Crippen molar-refractivity contribution in [3.8, 4) is 6.07 Å². The Labute approximate surface area is 230 Å². The Hall–Kier alpha value is -3.30. The van der Waals surface area contributed by atoms with Crippen LogP contribution in [0.15, 0.2) is 46.8 Å². The van der Waals surface area contributed by atoms with Crippen molar-refractivity contribution in [3.05, 3.63) is 62.5 Å². The van der Waals surface area contributed by atoms with Crippen molar-refractivity contribution in [2.45, 2.75) is 46.0 Å². The van der Waals surface area contributed by atoms with Crippen LogP contribution in [-0.2, 0) is 23.9 Å². The minimum absolute atomic E-state index is 0.0263. The van der Waals surface area contributed by atoms with Crippen molar-refractivity contribution < 1.29 is 28.8 Å². The molecule has 1 aromatic rings. The molecule has 1 aliphatic rings. The van der Waals surface area contributed by atoms with Crippen molar-refractivity contribution in [2.75, 3.05) is 30.5 Å². The number of allylic oxidation sites excluding steroid dienone is 2. The molecule has 0 fully saturated rings. The molecule has 0 aliphatic carbocycles. The molecule has 2 rings (SSSR count). The van der Waals surface area contributed by atoms with Crippen molar-refractivity contribution in [2.24, 2.45) is 0 Å². The first-order valence-corrected chi connectivity index (χ1v) is 14.2. The molecule has 12 heteroatoms. The second-order valence-corrected chi connectivity index (χ2v) is 10.8. The van der Waals surface area contributed by atoms with Gasteiger partial charge in [-0.25, -0.2) is 9.59 Å². The van der Waals surface area contributed by atoms with Gasteiger partial charge in [-0.15, -0.1) is 0 Å². The predicted molar refractivity (Wildman–Crippen MR) is 146 cm³/mol. The third kappa shape index (κ3) is 9.22. The fourth-order valence-electron chi connectivity index (χ4n) is 3.83. The van der Waals surface area contributed by atoms with Gasteiger partial charge in [-0.2, -0.15) is 17.0 Å². The lowest BCUT2D eigenvalue weighted by molar-refractivity contribution is -0.384. The van der Waals surface area contributed by atoms with Crippen molar-refractivity contribution >= 4 is 46.3 Å². The Kier molecular flexibility index (Phi) is 12.9. The summed E-state index contributed by atoms with van der Waals surface area (Å²) in [4.78, 5) is 48.5. The molecular formula is C26H31N3O7S2. The van der Waals surface area contributed by atoms with Gasteiger partial charge in [0.2, 0.25) is 0 Å².